The molecule has 7 heteroatoms. The average Bonchev–Trinajstić information content (AvgIpc) is 3.07. The Kier molecular flexibility index (Phi) is 8.78. The maximum Gasteiger partial charge on any atom is 0.195 e. The largest absolute Gasteiger partial charge is 0.493 e. The summed E-state index contributed by atoms with van der Waals surface area (Å²) >= 11 is 1.71. The Hall–Kier alpha value is -1.48. The van der Waals surface area contributed by atoms with Gasteiger partial charge in [0.25, 0.3) is 0 Å². The van der Waals surface area contributed by atoms with E-state index < -0.39 is 0 Å². The van der Waals surface area contributed by atoms with E-state index in [2.05, 4.69) is 32.5 Å². The van der Waals surface area contributed by atoms with Gasteiger partial charge in [-0.1, -0.05) is 0 Å². The summed E-state index contributed by atoms with van der Waals surface area (Å²) in [6.45, 7) is 0.823. The summed E-state index contributed by atoms with van der Waals surface area (Å²) in [5.74, 6) is 2.11. The summed E-state index contributed by atoms with van der Waals surface area (Å²) in [6.07, 6.45) is 0.968. The standard InChI is InChI=1S/C16H21N3O2S.HI/c1-17-16(18-8-6-12-7-9-22-11-12)19-13-4-5-14(20-2)15(10-13)21-3;/h4-5,7,9-11H,6,8H2,1-3H3,(H2,17,18,19);1H. The zero-order chi connectivity index (χ0) is 15.8. The lowest BCUT2D eigenvalue weighted by Crippen LogP contribution is -2.32. The van der Waals surface area contributed by atoms with E-state index in [0.29, 0.717) is 11.5 Å². The first kappa shape index (κ1) is 19.6. The second-order valence-electron chi connectivity index (χ2n) is 4.58. The van der Waals surface area contributed by atoms with Crippen LogP contribution in [0.15, 0.2) is 40.0 Å². The van der Waals surface area contributed by atoms with Crippen molar-refractivity contribution in [3.63, 3.8) is 0 Å². The fraction of sp³-hybridized carbons (Fsp3) is 0.312. The number of hydrogen-bond donors (Lipinski definition) is 2. The highest BCUT2D eigenvalue weighted by Gasteiger charge is 2.06. The quantitative estimate of drug-likeness (QED) is 0.404. The number of methoxy groups -OCH3 is 2. The highest BCUT2D eigenvalue weighted by molar-refractivity contribution is 14.0. The third-order valence-corrected chi connectivity index (χ3v) is 3.89. The molecule has 126 valence electrons. The Bertz CT molecular complexity index is 618. The van der Waals surface area contributed by atoms with Crippen LogP contribution in [0.25, 0.3) is 0 Å². The number of nitrogens with zero attached hydrogens (tertiary/aromatic N) is 1. The van der Waals surface area contributed by atoms with Gasteiger partial charge in [-0.2, -0.15) is 11.3 Å². The van der Waals surface area contributed by atoms with Crippen molar-refractivity contribution in [2.45, 2.75) is 6.42 Å². The van der Waals surface area contributed by atoms with E-state index in [1.807, 2.05) is 18.2 Å². The highest BCUT2D eigenvalue weighted by Crippen LogP contribution is 2.29. The molecule has 0 aliphatic heterocycles. The van der Waals surface area contributed by atoms with E-state index >= 15 is 0 Å². The Morgan fingerprint density at radius 2 is 1.96 bits per heavy atom. The lowest BCUT2D eigenvalue weighted by molar-refractivity contribution is 0.355. The van der Waals surface area contributed by atoms with Crippen molar-refractivity contribution in [2.24, 2.45) is 4.99 Å². The summed E-state index contributed by atoms with van der Waals surface area (Å²) in [4.78, 5) is 4.23. The van der Waals surface area contributed by atoms with Gasteiger partial charge in [-0.25, -0.2) is 0 Å². The van der Waals surface area contributed by atoms with Crippen molar-refractivity contribution in [2.75, 3.05) is 33.1 Å². The number of anilines is 1. The van der Waals surface area contributed by atoms with Crippen LogP contribution in [0.2, 0.25) is 0 Å². The Balaban J connectivity index is 0.00000264. The number of guanidine groups is 1. The van der Waals surface area contributed by atoms with Gasteiger partial charge in [0.05, 0.1) is 14.2 Å². The first-order valence-electron chi connectivity index (χ1n) is 6.97. The molecule has 0 aliphatic carbocycles. The molecule has 0 amide bonds. The molecular formula is C16H22IN3O2S. The fourth-order valence-corrected chi connectivity index (χ4v) is 2.69. The van der Waals surface area contributed by atoms with E-state index in [4.69, 9.17) is 9.47 Å². The van der Waals surface area contributed by atoms with Gasteiger partial charge in [0.15, 0.2) is 17.5 Å². The van der Waals surface area contributed by atoms with Gasteiger partial charge in [-0.15, -0.1) is 24.0 Å². The normalized spacial score (nSPS) is 10.7. The maximum absolute atomic E-state index is 5.30. The molecule has 0 atom stereocenters. The maximum atomic E-state index is 5.30. The molecule has 0 fully saturated rings. The van der Waals surface area contributed by atoms with Crippen LogP contribution < -0.4 is 20.1 Å². The van der Waals surface area contributed by atoms with Gasteiger partial charge >= 0.3 is 0 Å². The summed E-state index contributed by atoms with van der Waals surface area (Å²) in [5.41, 5.74) is 2.22. The lowest BCUT2D eigenvalue weighted by Gasteiger charge is -2.14. The number of hydrogen-bond acceptors (Lipinski definition) is 4. The van der Waals surface area contributed by atoms with Crippen molar-refractivity contribution >= 4 is 47.0 Å². The highest BCUT2D eigenvalue weighted by atomic mass is 127. The molecule has 0 radical (unpaired) electrons. The van der Waals surface area contributed by atoms with Crippen LogP contribution in [-0.2, 0) is 6.42 Å². The monoisotopic (exact) mass is 447 g/mol. The number of benzene rings is 1. The summed E-state index contributed by atoms with van der Waals surface area (Å²) in [6, 6.07) is 7.80. The number of rotatable bonds is 6. The minimum atomic E-state index is 0. The van der Waals surface area contributed by atoms with E-state index in [0.717, 1.165) is 24.6 Å². The molecule has 0 aliphatic rings. The molecule has 0 saturated heterocycles. The van der Waals surface area contributed by atoms with Crippen LogP contribution in [0.3, 0.4) is 0 Å². The van der Waals surface area contributed by atoms with Crippen LogP contribution in [0.5, 0.6) is 11.5 Å². The molecule has 1 aromatic heterocycles. The molecule has 2 aromatic rings. The van der Waals surface area contributed by atoms with Crippen LogP contribution in [-0.4, -0.2) is 33.8 Å². The third kappa shape index (κ3) is 5.91. The predicted octanol–water partition coefficient (Wildman–Crippen LogP) is 3.61. The summed E-state index contributed by atoms with van der Waals surface area (Å²) in [5, 5.41) is 10.8. The van der Waals surface area contributed by atoms with Crippen LogP contribution in [0.4, 0.5) is 5.69 Å². The topological polar surface area (TPSA) is 54.9 Å². The number of halogens is 1. The van der Waals surface area contributed by atoms with E-state index in [1.165, 1.54) is 5.56 Å². The molecule has 1 heterocycles. The molecule has 0 spiro atoms. The van der Waals surface area contributed by atoms with Crippen LogP contribution in [0.1, 0.15) is 5.56 Å². The van der Waals surface area contributed by atoms with Gasteiger partial charge in [0.2, 0.25) is 0 Å². The molecule has 2 rings (SSSR count). The second kappa shape index (κ2) is 10.3. The van der Waals surface area contributed by atoms with E-state index in [-0.39, 0.29) is 24.0 Å². The molecule has 0 saturated carbocycles. The lowest BCUT2D eigenvalue weighted by atomic mass is 10.2. The first-order chi connectivity index (χ1) is 10.8. The van der Waals surface area contributed by atoms with Crippen molar-refractivity contribution < 1.29 is 9.47 Å². The van der Waals surface area contributed by atoms with Gasteiger partial charge in [0, 0.05) is 25.3 Å². The Morgan fingerprint density at radius 1 is 1.17 bits per heavy atom. The van der Waals surface area contributed by atoms with Gasteiger partial charge in [-0.05, 0) is 40.9 Å². The van der Waals surface area contributed by atoms with Crippen molar-refractivity contribution in [3.8, 4) is 11.5 Å². The van der Waals surface area contributed by atoms with Gasteiger partial charge < -0.3 is 20.1 Å². The van der Waals surface area contributed by atoms with Gasteiger partial charge in [0.1, 0.15) is 0 Å². The summed E-state index contributed by atoms with van der Waals surface area (Å²) in [7, 11) is 4.99. The third-order valence-electron chi connectivity index (χ3n) is 3.16. The molecule has 1 aromatic carbocycles. The Labute approximate surface area is 158 Å². The number of thiophene rings is 1. The fourth-order valence-electron chi connectivity index (χ4n) is 1.99. The minimum Gasteiger partial charge on any atom is -0.493 e. The van der Waals surface area contributed by atoms with Gasteiger partial charge in [-0.3, -0.25) is 4.99 Å². The SMILES string of the molecule is CN=C(NCCc1ccsc1)Nc1ccc(OC)c(OC)c1.I. The Morgan fingerprint density at radius 3 is 2.57 bits per heavy atom. The molecule has 5 nitrogen and oxygen atoms in total. The van der Waals surface area contributed by atoms with E-state index in [9.17, 15) is 0 Å². The van der Waals surface area contributed by atoms with Crippen molar-refractivity contribution in [3.05, 3.63) is 40.6 Å². The zero-order valence-corrected chi connectivity index (χ0v) is 16.6. The minimum absolute atomic E-state index is 0. The van der Waals surface area contributed by atoms with Crippen LogP contribution in [0, 0.1) is 0 Å². The first-order valence-corrected chi connectivity index (χ1v) is 7.92. The van der Waals surface area contributed by atoms with Crippen LogP contribution >= 0.6 is 35.3 Å². The second-order valence-corrected chi connectivity index (χ2v) is 5.36. The summed E-state index contributed by atoms with van der Waals surface area (Å²) < 4.78 is 10.5. The number of ether oxygens (including phenoxy) is 2. The molecule has 0 unspecified atom stereocenters. The zero-order valence-electron chi connectivity index (χ0n) is 13.5. The number of nitrogens with one attached hydrogen (secondary N) is 2. The predicted molar refractivity (Wildman–Crippen MR) is 108 cm³/mol. The molecule has 2 N–H and O–H groups in total. The van der Waals surface area contributed by atoms with Crippen molar-refractivity contribution in [1.82, 2.24) is 5.32 Å². The van der Waals surface area contributed by atoms with E-state index in [1.54, 1.807) is 32.6 Å². The molecule has 23 heavy (non-hydrogen) atoms. The smallest absolute Gasteiger partial charge is 0.195 e. The average molecular weight is 447 g/mol. The molecule has 0 bridgehead atoms. The molecular weight excluding hydrogens is 425 g/mol. The number of aliphatic imine (C=N–C) groups is 1. The van der Waals surface area contributed by atoms with Crippen molar-refractivity contribution in [1.29, 1.82) is 0 Å².